The summed E-state index contributed by atoms with van der Waals surface area (Å²) < 4.78 is 0. The van der Waals surface area contributed by atoms with Crippen LogP contribution in [-0.2, 0) is 9.59 Å². The van der Waals surface area contributed by atoms with Crippen LogP contribution in [-0.4, -0.2) is 48.1 Å². The molecule has 1 heterocycles. The summed E-state index contributed by atoms with van der Waals surface area (Å²) in [5.74, 6) is 0.111. The van der Waals surface area contributed by atoms with Gasteiger partial charge in [0.15, 0.2) is 0 Å². The molecule has 2 N–H and O–H groups in total. The fourth-order valence-corrected chi connectivity index (χ4v) is 2.10. The van der Waals surface area contributed by atoms with Gasteiger partial charge in [0.05, 0.1) is 0 Å². The maximum atomic E-state index is 11.8. The second kappa shape index (κ2) is 8.91. The third kappa shape index (κ3) is 6.00. The van der Waals surface area contributed by atoms with Crippen molar-refractivity contribution in [3.8, 4) is 0 Å². The zero-order chi connectivity index (χ0) is 13.2. The summed E-state index contributed by atoms with van der Waals surface area (Å²) in [7, 11) is 0. The van der Waals surface area contributed by atoms with Crippen molar-refractivity contribution in [3.05, 3.63) is 0 Å². The highest BCUT2D eigenvalue weighted by Gasteiger charge is 2.15. The molecule has 0 saturated carbocycles. The first kappa shape index (κ1) is 15.0. The molecule has 1 aliphatic rings. The second-order valence-electron chi connectivity index (χ2n) is 4.72. The summed E-state index contributed by atoms with van der Waals surface area (Å²) in [6.45, 7) is 2.28. The lowest BCUT2D eigenvalue weighted by molar-refractivity contribution is -0.132. The molecule has 104 valence electrons. The summed E-state index contributed by atoms with van der Waals surface area (Å²) in [6.07, 6.45) is 5.58. The molecular formula is C13H24N2O3. The summed E-state index contributed by atoms with van der Waals surface area (Å²) in [4.78, 5) is 25.0. The number of piperidine rings is 1. The van der Waals surface area contributed by atoms with E-state index in [0.717, 1.165) is 25.9 Å². The molecule has 5 nitrogen and oxygen atoms in total. The molecule has 18 heavy (non-hydrogen) atoms. The van der Waals surface area contributed by atoms with Crippen LogP contribution in [0.5, 0.6) is 0 Å². The number of unbranched alkanes of at least 4 members (excludes halogenated alkanes) is 1. The van der Waals surface area contributed by atoms with E-state index in [-0.39, 0.29) is 18.4 Å². The van der Waals surface area contributed by atoms with Crippen molar-refractivity contribution in [3.63, 3.8) is 0 Å². The van der Waals surface area contributed by atoms with Crippen molar-refractivity contribution >= 4 is 11.8 Å². The topological polar surface area (TPSA) is 69.6 Å². The van der Waals surface area contributed by atoms with Gasteiger partial charge in [-0.15, -0.1) is 0 Å². The molecule has 0 aromatic heterocycles. The molecule has 0 unspecified atom stereocenters. The van der Waals surface area contributed by atoms with Gasteiger partial charge >= 0.3 is 0 Å². The van der Waals surface area contributed by atoms with Crippen molar-refractivity contribution < 1.29 is 14.7 Å². The highest BCUT2D eigenvalue weighted by molar-refractivity contribution is 5.79. The minimum atomic E-state index is -0.0325. The summed E-state index contributed by atoms with van der Waals surface area (Å²) >= 11 is 0. The highest BCUT2D eigenvalue weighted by Crippen LogP contribution is 2.09. The molecule has 0 bridgehead atoms. The van der Waals surface area contributed by atoms with E-state index < -0.39 is 0 Å². The molecule has 1 saturated heterocycles. The standard InChI is InChI=1S/C13H24N2O3/c16-11-5-2-6-12(17)14-8-7-13(18)15-9-3-1-4-10-15/h16H,1-11H2,(H,14,17). The number of likely N-dealkylation sites (tertiary alicyclic amines) is 1. The predicted molar refractivity (Wildman–Crippen MR) is 69.0 cm³/mol. The van der Waals surface area contributed by atoms with Crippen LogP contribution >= 0.6 is 0 Å². The monoisotopic (exact) mass is 256 g/mol. The Labute approximate surface area is 109 Å². The quantitative estimate of drug-likeness (QED) is 0.658. The van der Waals surface area contributed by atoms with E-state index >= 15 is 0 Å². The van der Waals surface area contributed by atoms with Crippen molar-refractivity contribution in [2.24, 2.45) is 0 Å². The van der Waals surface area contributed by atoms with E-state index in [1.54, 1.807) is 0 Å². The SMILES string of the molecule is O=C(CCCCO)NCCC(=O)N1CCCCC1. The lowest BCUT2D eigenvalue weighted by Crippen LogP contribution is -2.37. The van der Waals surface area contributed by atoms with Gasteiger partial charge in [-0.1, -0.05) is 0 Å². The lowest BCUT2D eigenvalue weighted by atomic mass is 10.1. The number of aliphatic hydroxyl groups excluding tert-OH is 1. The minimum Gasteiger partial charge on any atom is -0.396 e. The molecule has 0 aromatic rings. The van der Waals surface area contributed by atoms with Gasteiger partial charge in [-0.25, -0.2) is 0 Å². The van der Waals surface area contributed by atoms with Gasteiger partial charge in [0, 0.05) is 39.1 Å². The van der Waals surface area contributed by atoms with Crippen LogP contribution in [0, 0.1) is 0 Å². The maximum Gasteiger partial charge on any atom is 0.224 e. The fraction of sp³-hybridized carbons (Fsp3) is 0.846. The van der Waals surface area contributed by atoms with Gasteiger partial charge in [-0.05, 0) is 32.1 Å². The van der Waals surface area contributed by atoms with E-state index in [2.05, 4.69) is 5.32 Å². The molecule has 1 fully saturated rings. The van der Waals surface area contributed by atoms with Crippen molar-refractivity contribution in [2.45, 2.75) is 44.9 Å². The Morgan fingerprint density at radius 3 is 2.44 bits per heavy atom. The van der Waals surface area contributed by atoms with Crippen LogP contribution in [0.3, 0.4) is 0 Å². The van der Waals surface area contributed by atoms with Crippen LogP contribution in [0.25, 0.3) is 0 Å². The summed E-state index contributed by atoms with van der Waals surface area (Å²) in [6, 6.07) is 0. The van der Waals surface area contributed by atoms with E-state index in [0.29, 0.717) is 32.2 Å². The number of nitrogens with one attached hydrogen (secondary N) is 1. The lowest BCUT2D eigenvalue weighted by Gasteiger charge is -2.26. The maximum absolute atomic E-state index is 11.8. The van der Waals surface area contributed by atoms with Crippen LogP contribution < -0.4 is 5.32 Å². The van der Waals surface area contributed by atoms with Crippen molar-refractivity contribution in [1.29, 1.82) is 0 Å². The number of nitrogens with zero attached hydrogens (tertiary/aromatic N) is 1. The van der Waals surface area contributed by atoms with E-state index in [9.17, 15) is 9.59 Å². The zero-order valence-electron chi connectivity index (χ0n) is 11.0. The molecular weight excluding hydrogens is 232 g/mol. The number of hydrogen-bond donors (Lipinski definition) is 2. The first-order valence-corrected chi connectivity index (χ1v) is 6.89. The molecule has 0 aliphatic carbocycles. The van der Waals surface area contributed by atoms with Crippen LogP contribution in [0.2, 0.25) is 0 Å². The number of rotatable bonds is 7. The van der Waals surface area contributed by atoms with E-state index in [1.807, 2.05) is 4.90 Å². The van der Waals surface area contributed by atoms with Gasteiger partial charge in [-0.2, -0.15) is 0 Å². The van der Waals surface area contributed by atoms with Crippen molar-refractivity contribution in [2.75, 3.05) is 26.2 Å². The van der Waals surface area contributed by atoms with Crippen LogP contribution in [0.1, 0.15) is 44.9 Å². The first-order valence-electron chi connectivity index (χ1n) is 6.89. The van der Waals surface area contributed by atoms with Crippen LogP contribution in [0.15, 0.2) is 0 Å². The van der Waals surface area contributed by atoms with E-state index in [4.69, 9.17) is 5.11 Å². The summed E-state index contributed by atoms with van der Waals surface area (Å²) in [5, 5.41) is 11.3. The van der Waals surface area contributed by atoms with Gasteiger partial charge in [0.25, 0.3) is 0 Å². The third-order valence-electron chi connectivity index (χ3n) is 3.18. The minimum absolute atomic E-state index is 0.0325. The highest BCUT2D eigenvalue weighted by atomic mass is 16.3. The smallest absolute Gasteiger partial charge is 0.224 e. The van der Waals surface area contributed by atoms with Gasteiger partial charge in [0.1, 0.15) is 0 Å². The molecule has 1 rings (SSSR count). The van der Waals surface area contributed by atoms with Gasteiger partial charge in [0.2, 0.25) is 11.8 Å². The molecule has 0 atom stereocenters. The second-order valence-corrected chi connectivity index (χ2v) is 4.72. The molecule has 0 spiro atoms. The van der Waals surface area contributed by atoms with E-state index in [1.165, 1.54) is 6.42 Å². The number of amides is 2. The largest absolute Gasteiger partial charge is 0.396 e. The fourth-order valence-electron chi connectivity index (χ4n) is 2.10. The number of aliphatic hydroxyl groups is 1. The third-order valence-corrected chi connectivity index (χ3v) is 3.18. The Kier molecular flexibility index (Phi) is 7.41. The number of hydrogen-bond acceptors (Lipinski definition) is 3. The molecule has 0 radical (unpaired) electrons. The Morgan fingerprint density at radius 2 is 1.78 bits per heavy atom. The Balaban J connectivity index is 2.05. The normalized spacial score (nSPS) is 15.5. The number of carbonyl (C=O) groups is 2. The average molecular weight is 256 g/mol. The average Bonchev–Trinajstić information content (AvgIpc) is 2.40. The molecule has 5 heteroatoms. The molecule has 1 aliphatic heterocycles. The van der Waals surface area contributed by atoms with Gasteiger partial charge < -0.3 is 15.3 Å². The Morgan fingerprint density at radius 1 is 1.06 bits per heavy atom. The Bertz CT molecular complexity index is 263. The molecule has 0 aromatic carbocycles. The van der Waals surface area contributed by atoms with Gasteiger partial charge in [-0.3, -0.25) is 9.59 Å². The summed E-state index contributed by atoms with van der Waals surface area (Å²) in [5.41, 5.74) is 0. The zero-order valence-corrected chi connectivity index (χ0v) is 11.0. The first-order chi connectivity index (χ1) is 8.74. The molecule has 2 amide bonds. The number of carbonyl (C=O) groups excluding carboxylic acids is 2. The Hall–Kier alpha value is -1.10. The predicted octanol–water partition coefficient (Wildman–Crippen LogP) is 0.668. The van der Waals surface area contributed by atoms with Crippen molar-refractivity contribution in [1.82, 2.24) is 10.2 Å². The van der Waals surface area contributed by atoms with Crippen LogP contribution in [0.4, 0.5) is 0 Å².